The minimum Gasteiger partial charge on any atom is -0.376 e. The van der Waals surface area contributed by atoms with Crippen molar-refractivity contribution in [2.24, 2.45) is 0 Å². The van der Waals surface area contributed by atoms with E-state index in [0.717, 1.165) is 46.8 Å². The minimum atomic E-state index is 0.600. The number of benzene rings is 1. The van der Waals surface area contributed by atoms with Gasteiger partial charge in [0, 0.05) is 29.9 Å². The van der Waals surface area contributed by atoms with E-state index in [2.05, 4.69) is 38.4 Å². The number of nitrogens with one attached hydrogen (secondary N) is 1. The molecule has 0 radical (unpaired) electrons. The SMILES string of the molecule is CNc1nc(Cc2cccc(Br)c2)nc2c1COCC2. The molecule has 2 aromatic rings. The third kappa shape index (κ3) is 2.83. The zero-order valence-corrected chi connectivity index (χ0v) is 12.9. The molecule has 0 unspecified atom stereocenters. The van der Waals surface area contributed by atoms with Gasteiger partial charge < -0.3 is 10.1 Å². The van der Waals surface area contributed by atoms with Crippen molar-refractivity contribution in [3.05, 3.63) is 51.4 Å². The van der Waals surface area contributed by atoms with Gasteiger partial charge in [0.05, 0.1) is 18.9 Å². The number of fused-ring (bicyclic) bond motifs is 1. The third-order valence-corrected chi connectivity index (χ3v) is 3.85. The van der Waals surface area contributed by atoms with E-state index in [1.54, 1.807) is 0 Å². The van der Waals surface area contributed by atoms with Crippen LogP contribution in [-0.4, -0.2) is 23.6 Å². The molecule has 1 aliphatic rings. The van der Waals surface area contributed by atoms with Gasteiger partial charge in [0.1, 0.15) is 11.6 Å². The van der Waals surface area contributed by atoms with E-state index in [0.29, 0.717) is 6.61 Å². The highest BCUT2D eigenvalue weighted by molar-refractivity contribution is 9.10. The summed E-state index contributed by atoms with van der Waals surface area (Å²) in [5, 5.41) is 3.15. The molecule has 3 rings (SSSR count). The zero-order valence-electron chi connectivity index (χ0n) is 11.3. The van der Waals surface area contributed by atoms with Gasteiger partial charge in [-0.25, -0.2) is 9.97 Å². The Kier molecular flexibility index (Phi) is 3.98. The Balaban J connectivity index is 1.94. The van der Waals surface area contributed by atoms with Crippen molar-refractivity contribution in [3.63, 3.8) is 0 Å². The number of ether oxygens (including phenoxy) is 1. The first-order chi connectivity index (χ1) is 9.76. The Hall–Kier alpha value is -1.46. The Bertz CT molecular complexity index is 613. The summed E-state index contributed by atoms with van der Waals surface area (Å²) in [5.41, 5.74) is 3.41. The van der Waals surface area contributed by atoms with E-state index >= 15 is 0 Å². The monoisotopic (exact) mass is 333 g/mol. The lowest BCUT2D eigenvalue weighted by Crippen LogP contribution is -2.17. The van der Waals surface area contributed by atoms with Crippen LogP contribution in [0, 0.1) is 0 Å². The molecule has 0 saturated heterocycles. The maximum atomic E-state index is 5.49. The number of anilines is 1. The highest BCUT2D eigenvalue weighted by Gasteiger charge is 2.17. The predicted octanol–water partition coefficient (Wildman–Crippen LogP) is 2.94. The molecule has 1 aliphatic heterocycles. The fraction of sp³-hybridized carbons (Fsp3) is 0.333. The molecular weight excluding hydrogens is 318 g/mol. The van der Waals surface area contributed by atoms with E-state index in [4.69, 9.17) is 9.72 Å². The largest absolute Gasteiger partial charge is 0.376 e. The molecule has 0 saturated carbocycles. The van der Waals surface area contributed by atoms with Crippen LogP contribution in [0.4, 0.5) is 5.82 Å². The number of nitrogens with zero attached hydrogens (tertiary/aromatic N) is 2. The van der Waals surface area contributed by atoms with Crippen LogP contribution >= 0.6 is 15.9 Å². The lowest BCUT2D eigenvalue weighted by Gasteiger charge is -2.19. The van der Waals surface area contributed by atoms with Crippen molar-refractivity contribution in [3.8, 4) is 0 Å². The van der Waals surface area contributed by atoms with Crippen LogP contribution < -0.4 is 5.32 Å². The normalized spacial score (nSPS) is 13.9. The number of hydrogen-bond donors (Lipinski definition) is 1. The first-order valence-corrected chi connectivity index (χ1v) is 7.44. The van der Waals surface area contributed by atoms with Crippen molar-refractivity contribution in [1.29, 1.82) is 0 Å². The molecule has 5 heteroatoms. The molecule has 20 heavy (non-hydrogen) atoms. The van der Waals surface area contributed by atoms with E-state index in [-0.39, 0.29) is 0 Å². The Morgan fingerprint density at radius 2 is 2.25 bits per heavy atom. The molecule has 1 N–H and O–H groups in total. The first kappa shape index (κ1) is 13.5. The molecule has 0 amide bonds. The van der Waals surface area contributed by atoms with Gasteiger partial charge >= 0.3 is 0 Å². The molecule has 0 bridgehead atoms. The number of halogens is 1. The summed E-state index contributed by atoms with van der Waals surface area (Å²) in [7, 11) is 1.89. The summed E-state index contributed by atoms with van der Waals surface area (Å²) in [6.45, 7) is 1.34. The number of rotatable bonds is 3. The van der Waals surface area contributed by atoms with Crippen molar-refractivity contribution < 1.29 is 4.74 Å². The first-order valence-electron chi connectivity index (χ1n) is 6.65. The van der Waals surface area contributed by atoms with Gasteiger partial charge in [-0.1, -0.05) is 28.1 Å². The van der Waals surface area contributed by atoms with Crippen molar-refractivity contribution in [1.82, 2.24) is 9.97 Å². The lowest BCUT2D eigenvalue weighted by atomic mass is 10.1. The van der Waals surface area contributed by atoms with Crippen molar-refractivity contribution >= 4 is 21.7 Å². The fourth-order valence-corrected chi connectivity index (χ4v) is 2.85. The summed E-state index contributed by atoms with van der Waals surface area (Å²) < 4.78 is 6.57. The molecule has 104 valence electrons. The zero-order chi connectivity index (χ0) is 13.9. The Labute approximate surface area is 126 Å². The van der Waals surface area contributed by atoms with Gasteiger partial charge in [-0.05, 0) is 17.7 Å². The predicted molar refractivity (Wildman–Crippen MR) is 81.9 cm³/mol. The molecular formula is C15H16BrN3O. The van der Waals surface area contributed by atoms with Gasteiger partial charge in [-0.3, -0.25) is 0 Å². The summed E-state index contributed by atoms with van der Waals surface area (Å²) >= 11 is 3.49. The number of aromatic nitrogens is 2. The van der Waals surface area contributed by atoms with Gasteiger partial charge in [-0.15, -0.1) is 0 Å². The van der Waals surface area contributed by atoms with E-state index < -0.39 is 0 Å². The Morgan fingerprint density at radius 1 is 1.35 bits per heavy atom. The third-order valence-electron chi connectivity index (χ3n) is 3.36. The average molecular weight is 334 g/mol. The van der Waals surface area contributed by atoms with E-state index in [1.165, 1.54) is 5.56 Å². The molecule has 0 atom stereocenters. The molecule has 0 fully saturated rings. The summed E-state index contributed by atoms with van der Waals surface area (Å²) in [5.74, 6) is 1.74. The fourth-order valence-electron chi connectivity index (χ4n) is 2.40. The van der Waals surface area contributed by atoms with Gasteiger partial charge in [0.15, 0.2) is 0 Å². The maximum absolute atomic E-state index is 5.49. The molecule has 2 heterocycles. The van der Waals surface area contributed by atoms with Crippen LogP contribution in [0.3, 0.4) is 0 Å². The molecule has 0 spiro atoms. The van der Waals surface area contributed by atoms with Gasteiger partial charge in [0.25, 0.3) is 0 Å². The molecule has 4 nitrogen and oxygen atoms in total. The highest BCUT2D eigenvalue weighted by atomic mass is 79.9. The number of hydrogen-bond acceptors (Lipinski definition) is 4. The second-order valence-electron chi connectivity index (χ2n) is 4.77. The van der Waals surface area contributed by atoms with Crippen LogP contribution in [0.5, 0.6) is 0 Å². The topological polar surface area (TPSA) is 47.0 Å². The molecule has 1 aromatic carbocycles. The summed E-state index contributed by atoms with van der Waals surface area (Å²) in [4.78, 5) is 9.31. The smallest absolute Gasteiger partial charge is 0.135 e. The quantitative estimate of drug-likeness (QED) is 0.938. The van der Waals surface area contributed by atoms with Crippen molar-refractivity contribution in [2.75, 3.05) is 19.0 Å². The van der Waals surface area contributed by atoms with Crippen molar-refractivity contribution in [2.45, 2.75) is 19.4 Å². The van der Waals surface area contributed by atoms with Crippen LogP contribution in [0.2, 0.25) is 0 Å². The van der Waals surface area contributed by atoms with Crippen LogP contribution in [0.1, 0.15) is 22.6 Å². The van der Waals surface area contributed by atoms with E-state index in [9.17, 15) is 0 Å². The standard InChI is InChI=1S/C15H16BrN3O/c1-17-15-12-9-20-6-5-13(12)18-14(19-15)8-10-3-2-4-11(16)7-10/h2-4,7H,5-6,8-9H2,1H3,(H,17,18,19). The average Bonchev–Trinajstić information content (AvgIpc) is 2.46. The van der Waals surface area contributed by atoms with Crippen LogP contribution in [-0.2, 0) is 24.2 Å². The lowest BCUT2D eigenvalue weighted by molar-refractivity contribution is 0.109. The van der Waals surface area contributed by atoms with E-state index in [1.807, 2.05) is 19.2 Å². The molecule has 1 aromatic heterocycles. The maximum Gasteiger partial charge on any atom is 0.135 e. The highest BCUT2D eigenvalue weighted by Crippen LogP contribution is 2.23. The van der Waals surface area contributed by atoms with Crippen LogP contribution in [0.25, 0.3) is 0 Å². The summed E-state index contributed by atoms with van der Waals surface area (Å²) in [6.07, 6.45) is 1.60. The minimum absolute atomic E-state index is 0.600. The second-order valence-corrected chi connectivity index (χ2v) is 5.69. The van der Waals surface area contributed by atoms with Crippen LogP contribution in [0.15, 0.2) is 28.7 Å². The Morgan fingerprint density at radius 3 is 3.05 bits per heavy atom. The summed E-state index contributed by atoms with van der Waals surface area (Å²) in [6, 6.07) is 8.25. The van der Waals surface area contributed by atoms with Gasteiger partial charge in [0.2, 0.25) is 0 Å². The second kappa shape index (κ2) is 5.89. The van der Waals surface area contributed by atoms with Gasteiger partial charge in [-0.2, -0.15) is 0 Å². The molecule has 0 aliphatic carbocycles.